The lowest BCUT2D eigenvalue weighted by Gasteiger charge is -2.27. The summed E-state index contributed by atoms with van der Waals surface area (Å²) in [6.07, 6.45) is 0. The second kappa shape index (κ2) is 7.19. The Hall–Kier alpha value is -1.19. The van der Waals surface area contributed by atoms with Gasteiger partial charge in [0.05, 0.1) is 0 Å². The molecular weight excluding hydrogens is 329 g/mol. The van der Waals surface area contributed by atoms with Crippen LogP contribution in [0, 0.1) is 11.7 Å². The maximum atomic E-state index is 14.0. The highest BCUT2D eigenvalue weighted by Gasteiger charge is 2.20. The Kier molecular flexibility index (Phi) is 5.54. The minimum Gasteiger partial charge on any atom is -0.303 e. The Morgan fingerprint density at radius 2 is 1.67 bits per heavy atom. The molecule has 0 aromatic heterocycles. The first-order chi connectivity index (χ1) is 9.99. The second-order valence-corrected chi connectivity index (χ2v) is 6.60. The minimum atomic E-state index is -0.172. The first kappa shape index (κ1) is 16.2. The summed E-state index contributed by atoms with van der Waals surface area (Å²) >= 11 is 3.41. The van der Waals surface area contributed by atoms with Crippen molar-refractivity contribution in [3.05, 3.63) is 69.9 Å². The van der Waals surface area contributed by atoms with Crippen molar-refractivity contribution in [3.63, 3.8) is 0 Å². The van der Waals surface area contributed by atoms with Gasteiger partial charge in [0.1, 0.15) is 5.82 Å². The molecule has 0 heterocycles. The van der Waals surface area contributed by atoms with Gasteiger partial charge in [-0.05, 0) is 36.6 Å². The van der Waals surface area contributed by atoms with Crippen molar-refractivity contribution in [1.82, 2.24) is 5.32 Å². The summed E-state index contributed by atoms with van der Waals surface area (Å²) in [6, 6.07) is 15.5. The van der Waals surface area contributed by atoms with E-state index < -0.39 is 0 Å². The zero-order chi connectivity index (χ0) is 15.4. The van der Waals surface area contributed by atoms with Crippen LogP contribution in [0.25, 0.3) is 0 Å². The zero-order valence-electron chi connectivity index (χ0n) is 12.6. The number of rotatable bonds is 5. The van der Waals surface area contributed by atoms with Crippen LogP contribution in [0.2, 0.25) is 0 Å². The molecular formula is C18H21BrFN. The normalized spacial score (nSPS) is 14.2. The largest absolute Gasteiger partial charge is 0.303 e. The average Bonchev–Trinajstić information content (AvgIpc) is 2.47. The maximum Gasteiger partial charge on any atom is 0.128 e. The lowest BCUT2D eigenvalue weighted by atomic mass is 9.94. The number of benzene rings is 2. The third-order valence-corrected chi connectivity index (χ3v) is 4.17. The van der Waals surface area contributed by atoms with Gasteiger partial charge < -0.3 is 5.32 Å². The highest BCUT2D eigenvalue weighted by Crippen LogP contribution is 2.28. The fraction of sp³-hybridized carbons (Fsp3) is 0.333. The highest BCUT2D eigenvalue weighted by atomic mass is 79.9. The molecule has 0 fully saturated rings. The molecule has 2 aromatic carbocycles. The van der Waals surface area contributed by atoms with Gasteiger partial charge in [-0.3, -0.25) is 0 Å². The monoisotopic (exact) mass is 349 g/mol. The standard InChI is InChI=1S/C18H21BrFN/c1-12(2)18(14-7-5-4-6-8-14)21-13(3)16-11-15(19)9-10-17(16)20/h4-13,18,21H,1-3H3. The molecule has 0 bridgehead atoms. The summed E-state index contributed by atoms with van der Waals surface area (Å²) in [5.41, 5.74) is 1.92. The molecule has 0 saturated heterocycles. The molecule has 2 atom stereocenters. The van der Waals surface area contributed by atoms with Crippen LogP contribution in [-0.4, -0.2) is 0 Å². The summed E-state index contributed by atoms with van der Waals surface area (Å²) in [4.78, 5) is 0. The van der Waals surface area contributed by atoms with Crippen LogP contribution in [0.3, 0.4) is 0 Å². The van der Waals surface area contributed by atoms with E-state index in [1.165, 1.54) is 11.6 Å². The molecule has 1 nitrogen and oxygen atoms in total. The van der Waals surface area contributed by atoms with Crippen LogP contribution >= 0.6 is 15.9 Å². The molecule has 0 aliphatic rings. The molecule has 2 unspecified atom stereocenters. The molecule has 112 valence electrons. The molecule has 0 aliphatic heterocycles. The molecule has 0 spiro atoms. The van der Waals surface area contributed by atoms with Crippen LogP contribution in [0.1, 0.15) is 44.0 Å². The van der Waals surface area contributed by atoms with E-state index in [2.05, 4.69) is 47.2 Å². The van der Waals surface area contributed by atoms with Gasteiger partial charge in [-0.1, -0.05) is 60.1 Å². The van der Waals surface area contributed by atoms with E-state index in [0.29, 0.717) is 11.5 Å². The van der Waals surface area contributed by atoms with Gasteiger partial charge in [0, 0.05) is 22.1 Å². The van der Waals surface area contributed by atoms with Crippen molar-refractivity contribution in [1.29, 1.82) is 0 Å². The van der Waals surface area contributed by atoms with E-state index >= 15 is 0 Å². The third kappa shape index (κ3) is 4.14. The van der Waals surface area contributed by atoms with E-state index in [1.807, 2.05) is 31.2 Å². The summed E-state index contributed by atoms with van der Waals surface area (Å²) in [5, 5.41) is 3.56. The van der Waals surface area contributed by atoms with Crippen LogP contribution in [0.5, 0.6) is 0 Å². The van der Waals surface area contributed by atoms with E-state index in [0.717, 1.165) is 4.47 Å². The third-order valence-electron chi connectivity index (χ3n) is 3.68. The van der Waals surface area contributed by atoms with Gasteiger partial charge in [-0.15, -0.1) is 0 Å². The number of halogens is 2. The van der Waals surface area contributed by atoms with Crippen LogP contribution in [-0.2, 0) is 0 Å². The molecule has 0 saturated carbocycles. The predicted octanol–water partition coefficient (Wildman–Crippen LogP) is 5.64. The molecule has 0 amide bonds. The van der Waals surface area contributed by atoms with Crippen LogP contribution < -0.4 is 5.32 Å². The molecule has 21 heavy (non-hydrogen) atoms. The first-order valence-electron chi connectivity index (χ1n) is 7.25. The quantitative estimate of drug-likeness (QED) is 0.736. The Bertz CT molecular complexity index is 583. The molecule has 2 aromatic rings. The van der Waals surface area contributed by atoms with Gasteiger partial charge >= 0.3 is 0 Å². The zero-order valence-corrected chi connectivity index (χ0v) is 14.2. The lowest BCUT2D eigenvalue weighted by Crippen LogP contribution is -2.29. The van der Waals surface area contributed by atoms with Crippen LogP contribution in [0.4, 0.5) is 4.39 Å². The molecule has 1 N–H and O–H groups in total. The SMILES string of the molecule is CC(NC(c1ccccc1)C(C)C)c1cc(Br)ccc1F. The maximum absolute atomic E-state index is 14.0. The fourth-order valence-corrected chi connectivity index (χ4v) is 2.92. The average molecular weight is 350 g/mol. The Labute approximate surface area is 134 Å². The summed E-state index contributed by atoms with van der Waals surface area (Å²) in [5.74, 6) is 0.249. The fourth-order valence-electron chi connectivity index (χ4n) is 2.54. The van der Waals surface area contributed by atoms with Gasteiger partial charge in [-0.2, -0.15) is 0 Å². The first-order valence-corrected chi connectivity index (χ1v) is 8.04. The number of hydrogen-bond donors (Lipinski definition) is 1. The smallest absolute Gasteiger partial charge is 0.128 e. The van der Waals surface area contributed by atoms with Gasteiger partial charge in [-0.25, -0.2) is 4.39 Å². The molecule has 0 aliphatic carbocycles. The molecule has 0 radical (unpaired) electrons. The van der Waals surface area contributed by atoms with Gasteiger partial charge in [0.25, 0.3) is 0 Å². The van der Waals surface area contributed by atoms with Gasteiger partial charge in [0.2, 0.25) is 0 Å². The van der Waals surface area contributed by atoms with Crippen molar-refractivity contribution in [2.75, 3.05) is 0 Å². The van der Waals surface area contributed by atoms with Gasteiger partial charge in [0.15, 0.2) is 0 Å². The summed E-state index contributed by atoms with van der Waals surface area (Å²) in [6.45, 7) is 6.35. The Morgan fingerprint density at radius 3 is 2.29 bits per heavy atom. The molecule has 3 heteroatoms. The van der Waals surface area contributed by atoms with Crippen molar-refractivity contribution >= 4 is 15.9 Å². The lowest BCUT2D eigenvalue weighted by molar-refractivity contribution is 0.369. The van der Waals surface area contributed by atoms with E-state index in [9.17, 15) is 4.39 Å². The Balaban J connectivity index is 2.23. The van der Waals surface area contributed by atoms with E-state index in [-0.39, 0.29) is 17.9 Å². The predicted molar refractivity (Wildman–Crippen MR) is 89.7 cm³/mol. The van der Waals surface area contributed by atoms with Crippen molar-refractivity contribution in [2.24, 2.45) is 5.92 Å². The van der Waals surface area contributed by atoms with E-state index in [4.69, 9.17) is 0 Å². The van der Waals surface area contributed by atoms with Crippen molar-refractivity contribution in [3.8, 4) is 0 Å². The minimum absolute atomic E-state index is 0.0601. The van der Waals surface area contributed by atoms with Crippen LogP contribution in [0.15, 0.2) is 53.0 Å². The van der Waals surface area contributed by atoms with Crippen molar-refractivity contribution < 1.29 is 4.39 Å². The number of nitrogens with one attached hydrogen (secondary N) is 1. The topological polar surface area (TPSA) is 12.0 Å². The number of hydrogen-bond acceptors (Lipinski definition) is 1. The van der Waals surface area contributed by atoms with Crippen molar-refractivity contribution in [2.45, 2.75) is 32.9 Å². The molecule has 2 rings (SSSR count). The summed E-state index contributed by atoms with van der Waals surface area (Å²) < 4.78 is 14.9. The second-order valence-electron chi connectivity index (χ2n) is 5.69. The highest BCUT2D eigenvalue weighted by molar-refractivity contribution is 9.10. The van der Waals surface area contributed by atoms with E-state index in [1.54, 1.807) is 6.07 Å². The Morgan fingerprint density at radius 1 is 1.00 bits per heavy atom. The summed E-state index contributed by atoms with van der Waals surface area (Å²) in [7, 11) is 0.